The van der Waals surface area contributed by atoms with Crippen LogP contribution in [0.15, 0.2) is 66.7 Å². The second-order valence-electron chi connectivity index (χ2n) is 5.84. The summed E-state index contributed by atoms with van der Waals surface area (Å²) in [5.74, 6) is -0.0212. The minimum Gasteiger partial charge on any atom is -0.489 e. The Morgan fingerprint density at radius 1 is 0.857 bits per heavy atom. The number of carboxylic acids is 1. The molecule has 6 nitrogen and oxygen atoms in total. The van der Waals surface area contributed by atoms with Crippen molar-refractivity contribution in [2.45, 2.75) is 6.61 Å². The molecule has 0 bridgehead atoms. The molecule has 1 N–H and O–H groups in total. The number of benzene rings is 3. The van der Waals surface area contributed by atoms with E-state index < -0.39 is 5.97 Å². The molecular formula is C22H14N2O4. The van der Waals surface area contributed by atoms with Gasteiger partial charge in [0, 0.05) is 6.07 Å². The Morgan fingerprint density at radius 3 is 2.25 bits per heavy atom. The molecule has 0 amide bonds. The predicted octanol–water partition coefficient (Wildman–Crippen LogP) is 4.50. The van der Waals surface area contributed by atoms with E-state index >= 15 is 0 Å². The fourth-order valence-electron chi connectivity index (χ4n) is 2.47. The highest BCUT2D eigenvalue weighted by Gasteiger charge is 2.10. The highest BCUT2D eigenvalue weighted by atomic mass is 16.5. The van der Waals surface area contributed by atoms with Crippen molar-refractivity contribution in [1.29, 1.82) is 10.5 Å². The standard InChI is InChI=1S/C22H14N2O4/c23-12-15-4-6-19(7-5-15)28-21-10-18(22(25)26)9-20(11-21)27-14-17-3-1-2-16(8-17)13-24/h1-11H,14H2,(H,25,26). The van der Waals surface area contributed by atoms with Gasteiger partial charge in [0.1, 0.15) is 23.9 Å². The molecule has 3 aromatic rings. The number of nitriles is 2. The lowest BCUT2D eigenvalue weighted by atomic mass is 10.1. The highest BCUT2D eigenvalue weighted by molar-refractivity contribution is 5.88. The normalized spacial score (nSPS) is 9.79. The number of hydrogen-bond donors (Lipinski definition) is 1. The van der Waals surface area contributed by atoms with Crippen molar-refractivity contribution in [2.24, 2.45) is 0 Å². The molecule has 0 fully saturated rings. The molecule has 0 saturated carbocycles. The molecule has 0 aliphatic heterocycles. The number of nitrogens with zero attached hydrogens (tertiary/aromatic N) is 2. The van der Waals surface area contributed by atoms with Crippen molar-refractivity contribution in [3.8, 4) is 29.4 Å². The van der Waals surface area contributed by atoms with Gasteiger partial charge in [0.2, 0.25) is 0 Å². The molecule has 0 unspecified atom stereocenters. The van der Waals surface area contributed by atoms with Gasteiger partial charge in [0.25, 0.3) is 0 Å². The van der Waals surface area contributed by atoms with Gasteiger partial charge in [-0.1, -0.05) is 12.1 Å². The first-order chi connectivity index (χ1) is 13.6. The molecule has 0 aliphatic rings. The molecule has 3 aromatic carbocycles. The van der Waals surface area contributed by atoms with E-state index in [2.05, 4.69) is 6.07 Å². The summed E-state index contributed by atoms with van der Waals surface area (Å²) in [5, 5.41) is 27.1. The maximum atomic E-state index is 11.4. The lowest BCUT2D eigenvalue weighted by Crippen LogP contribution is -2.01. The van der Waals surface area contributed by atoms with Gasteiger partial charge >= 0.3 is 5.97 Å². The first kappa shape index (κ1) is 18.5. The van der Waals surface area contributed by atoms with E-state index in [-0.39, 0.29) is 12.2 Å². The molecular weight excluding hydrogens is 356 g/mol. The first-order valence-corrected chi connectivity index (χ1v) is 8.25. The fraction of sp³-hybridized carbons (Fsp3) is 0.0455. The van der Waals surface area contributed by atoms with Crippen LogP contribution in [0.25, 0.3) is 0 Å². The summed E-state index contributed by atoms with van der Waals surface area (Å²) in [4.78, 5) is 11.4. The van der Waals surface area contributed by atoms with E-state index in [0.29, 0.717) is 28.4 Å². The van der Waals surface area contributed by atoms with E-state index in [9.17, 15) is 9.90 Å². The van der Waals surface area contributed by atoms with Crippen LogP contribution in [0.2, 0.25) is 0 Å². The largest absolute Gasteiger partial charge is 0.489 e. The summed E-state index contributed by atoms with van der Waals surface area (Å²) < 4.78 is 11.4. The van der Waals surface area contributed by atoms with Gasteiger partial charge in [-0.15, -0.1) is 0 Å². The molecule has 28 heavy (non-hydrogen) atoms. The summed E-state index contributed by atoms with van der Waals surface area (Å²) >= 11 is 0. The van der Waals surface area contributed by atoms with Crippen molar-refractivity contribution in [1.82, 2.24) is 0 Å². The van der Waals surface area contributed by atoms with Crippen LogP contribution in [0.5, 0.6) is 17.2 Å². The van der Waals surface area contributed by atoms with Crippen LogP contribution in [0.3, 0.4) is 0 Å². The smallest absolute Gasteiger partial charge is 0.335 e. The lowest BCUT2D eigenvalue weighted by molar-refractivity contribution is 0.0696. The van der Waals surface area contributed by atoms with E-state index in [1.165, 1.54) is 12.1 Å². The third kappa shape index (κ3) is 4.66. The Bertz CT molecular complexity index is 1090. The van der Waals surface area contributed by atoms with Crippen molar-refractivity contribution in [2.75, 3.05) is 0 Å². The Kier molecular flexibility index (Phi) is 5.55. The molecule has 0 saturated heterocycles. The molecule has 0 radical (unpaired) electrons. The maximum Gasteiger partial charge on any atom is 0.335 e. The Labute approximate surface area is 161 Å². The number of carboxylic acid groups (broad SMARTS) is 1. The quantitative estimate of drug-likeness (QED) is 0.685. The minimum absolute atomic E-state index is 0.0203. The van der Waals surface area contributed by atoms with Gasteiger partial charge in [0.15, 0.2) is 0 Å². The zero-order valence-corrected chi connectivity index (χ0v) is 14.6. The van der Waals surface area contributed by atoms with Crippen LogP contribution in [-0.4, -0.2) is 11.1 Å². The first-order valence-electron chi connectivity index (χ1n) is 8.25. The highest BCUT2D eigenvalue weighted by Crippen LogP contribution is 2.28. The van der Waals surface area contributed by atoms with Crippen LogP contribution >= 0.6 is 0 Å². The van der Waals surface area contributed by atoms with Crippen LogP contribution in [0.1, 0.15) is 27.0 Å². The summed E-state index contributed by atoms with van der Waals surface area (Å²) in [6.07, 6.45) is 0. The maximum absolute atomic E-state index is 11.4. The van der Waals surface area contributed by atoms with Gasteiger partial charge in [-0.05, 0) is 54.1 Å². The Balaban J connectivity index is 1.81. The molecule has 136 valence electrons. The van der Waals surface area contributed by atoms with Crippen LogP contribution in [0.4, 0.5) is 0 Å². The Morgan fingerprint density at radius 2 is 1.57 bits per heavy atom. The second kappa shape index (κ2) is 8.39. The van der Waals surface area contributed by atoms with E-state index in [1.54, 1.807) is 48.5 Å². The molecule has 0 aliphatic carbocycles. The number of hydrogen-bond acceptors (Lipinski definition) is 5. The molecule has 0 aromatic heterocycles. The average Bonchev–Trinajstić information content (AvgIpc) is 2.73. The second-order valence-corrected chi connectivity index (χ2v) is 5.84. The van der Waals surface area contributed by atoms with Crippen LogP contribution in [-0.2, 0) is 6.61 Å². The van der Waals surface area contributed by atoms with Crippen LogP contribution < -0.4 is 9.47 Å². The molecule has 0 heterocycles. The van der Waals surface area contributed by atoms with Crippen molar-refractivity contribution < 1.29 is 19.4 Å². The number of rotatable bonds is 6. The van der Waals surface area contributed by atoms with Crippen LogP contribution in [0, 0.1) is 22.7 Å². The number of carbonyl (C=O) groups is 1. The molecule has 3 rings (SSSR count). The third-order valence-electron chi connectivity index (χ3n) is 3.81. The monoisotopic (exact) mass is 370 g/mol. The fourth-order valence-corrected chi connectivity index (χ4v) is 2.47. The van der Waals surface area contributed by atoms with Gasteiger partial charge in [0.05, 0.1) is 28.8 Å². The van der Waals surface area contributed by atoms with Crippen molar-refractivity contribution in [3.63, 3.8) is 0 Å². The molecule has 0 spiro atoms. The van der Waals surface area contributed by atoms with Gasteiger partial charge in [-0.2, -0.15) is 10.5 Å². The van der Waals surface area contributed by atoms with Gasteiger partial charge in [-0.25, -0.2) is 4.79 Å². The average molecular weight is 370 g/mol. The zero-order chi connectivity index (χ0) is 19.9. The van der Waals surface area contributed by atoms with Gasteiger partial charge in [-0.3, -0.25) is 0 Å². The summed E-state index contributed by atoms with van der Waals surface area (Å²) in [7, 11) is 0. The van der Waals surface area contributed by atoms with E-state index in [0.717, 1.165) is 5.56 Å². The SMILES string of the molecule is N#Cc1ccc(Oc2cc(OCc3cccc(C#N)c3)cc(C(=O)O)c2)cc1. The summed E-state index contributed by atoms with van der Waals surface area (Å²) in [6.45, 7) is 0.175. The summed E-state index contributed by atoms with van der Waals surface area (Å²) in [6, 6.07) is 21.9. The van der Waals surface area contributed by atoms with E-state index in [1.807, 2.05) is 12.1 Å². The van der Waals surface area contributed by atoms with Crippen molar-refractivity contribution in [3.05, 3.63) is 89.0 Å². The van der Waals surface area contributed by atoms with Gasteiger partial charge < -0.3 is 14.6 Å². The third-order valence-corrected chi connectivity index (χ3v) is 3.81. The Hall–Kier alpha value is -4.29. The van der Waals surface area contributed by atoms with Crippen molar-refractivity contribution >= 4 is 5.97 Å². The number of aromatic carboxylic acids is 1. The zero-order valence-electron chi connectivity index (χ0n) is 14.6. The summed E-state index contributed by atoms with van der Waals surface area (Å²) in [5.41, 5.74) is 1.82. The van der Waals surface area contributed by atoms with E-state index in [4.69, 9.17) is 20.0 Å². The number of ether oxygens (including phenoxy) is 2. The molecule has 6 heteroatoms. The topological polar surface area (TPSA) is 103 Å². The predicted molar refractivity (Wildman–Crippen MR) is 100 cm³/mol. The minimum atomic E-state index is -1.11. The lowest BCUT2D eigenvalue weighted by Gasteiger charge is -2.11. The molecule has 0 atom stereocenters.